The maximum atomic E-state index is 12.4. The van der Waals surface area contributed by atoms with Crippen molar-refractivity contribution in [1.29, 1.82) is 0 Å². The predicted octanol–water partition coefficient (Wildman–Crippen LogP) is 0.874. The van der Waals surface area contributed by atoms with Gasteiger partial charge in [-0.2, -0.15) is 0 Å². The quantitative estimate of drug-likeness (QED) is 0.781. The number of aliphatic hydroxyl groups excluding tert-OH is 1. The molecule has 1 aliphatic rings. The van der Waals surface area contributed by atoms with Crippen LogP contribution in [0.4, 0.5) is 5.69 Å². The lowest BCUT2D eigenvalue weighted by Crippen LogP contribution is -2.37. The van der Waals surface area contributed by atoms with E-state index in [1.807, 2.05) is 0 Å². The molecule has 1 heterocycles. The number of hydrogen-bond donors (Lipinski definition) is 2. The molecule has 18 heavy (non-hydrogen) atoms. The van der Waals surface area contributed by atoms with Crippen molar-refractivity contribution in [2.45, 2.75) is 18.9 Å². The van der Waals surface area contributed by atoms with E-state index in [0.29, 0.717) is 23.5 Å². The van der Waals surface area contributed by atoms with Gasteiger partial charge in [0.2, 0.25) is 0 Å². The molecule has 5 nitrogen and oxygen atoms in total. The largest absolute Gasteiger partial charge is 0.495 e. The third-order valence-corrected chi connectivity index (χ3v) is 3.37. The highest BCUT2D eigenvalue weighted by Gasteiger charge is 2.30. The zero-order chi connectivity index (χ0) is 13.1. The summed E-state index contributed by atoms with van der Waals surface area (Å²) in [6.07, 6.45) is 1.76. The summed E-state index contributed by atoms with van der Waals surface area (Å²) in [6, 6.07) is 5.06. The number of nitrogens with two attached hydrogens (primary N) is 1. The van der Waals surface area contributed by atoms with Crippen LogP contribution < -0.4 is 10.5 Å². The van der Waals surface area contributed by atoms with Crippen LogP contribution in [-0.4, -0.2) is 42.2 Å². The molecular weight excluding hydrogens is 232 g/mol. The Labute approximate surface area is 106 Å². The van der Waals surface area contributed by atoms with Gasteiger partial charge in [0.15, 0.2) is 0 Å². The Morgan fingerprint density at radius 3 is 3.06 bits per heavy atom. The zero-order valence-corrected chi connectivity index (χ0v) is 10.4. The minimum absolute atomic E-state index is 0.00435. The number of nitrogens with zero attached hydrogens (tertiary/aromatic N) is 1. The molecule has 0 bridgehead atoms. The third kappa shape index (κ3) is 2.13. The number of para-hydroxylation sites is 1. The van der Waals surface area contributed by atoms with E-state index in [2.05, 4.69) is 0 Å². The Hall–Kier alpha value is -1.75. The average Bonchev–Trinajstić information content (AvgIpc) is 2.86. The first kappa shape index (κ1) is 12.7. The van der Waals surface area contributed by atoms with Crippen LogP contribution in [0.25, 0.3) is 0 Å². The summed E-state index contributed by atoms with van der Waals surface area (Å²) in [6.45, 7) is 0.663. The molecule has 0 unspecified atom stereocenters. The molecule has 0 saturated carbocycles. The maximum Gasteiger partial charge on any atom is 0.256 e. The number of nitrogen functional groups attached to an aromatic ring is 1. The number of carbonyl (C=O) groups is 1. The summed E-state index contributed by atoms with van der Waals surface area (Å²) < 4.78 is 5.11. The highest BCUT2D eigenvalue weighted by atomic mass is 16.5. The summed E-state index contributed by atoms with van der Waals surface area (Å²) in [7, 11) is 1.52. The molecule has 0 spiro atoms. The minimum Gasteiger partial charge on any atom is -0.495 e. The SMILES string of the molecule is COc1cccc(C(=O)N2CCC[C@@H]2CO)c1N. The van der Waals surface area contributed by atoms with Gasteiger partial charge in [-0.1, -0.05) is 6.07 Å². The van der Waals surface area contributed by atoms with Gasteiger partial charge in [-0.05, 0) is 25.0 Å². The Kier molecular flexibility index (Phi) is 3.72. The van der Waals surface area contributed by atoms with E-state index in [-0.39, 0.29) is 18.6 Å². The van der Waals surface area contributed by atoms with E-state index in [0.717, 1.165) is 12.8 Å². The lowest BCUT2D eigenvalue weighted by molar-refractivity contribution is 0.0678. The molecule has 3 N–H and O–H groups in total. The molecule has 98 valence electrons. The lowest BCUT2D eigenvalue weighted by atomic mass is 10.1. The number of methoxy groups -OCH3 is 1. The Balaban J connectivity index is 2.28. The molecule has 1 amide bonds. The smallest absolute Gasteiger partial charge is 0.256 e. The average molecular weight is 250 g/mol. The second-order valence-corrected chi connectivity index (χ2v) is 4.40. The molecule has 1 aromatic rings. The number of rotatable bonds is 3. The Morgan fingerprint density at radius 1 is 1.61 bits per heavy atom. The number of anilines is 1. The lowest BCUT2D eigenvalue weighted by Gasteiger charge is -2.24. The fourth-order valence-electron chi connectivity index (χ4n) is 2.36. The van der Waals surface area contributed by atoms with E-state index >= 15 is 0 Å². The standard InChI is InChI=1S/C13H18N2O3/c1-18-11-6-2-5-10(12(11)14)13(17)15-7-3-4-9(15)8-16/h2,5-6,9,16H,3-4,7-8,14H2,1H3/t9-/m1/s1. The number of hydrogen-bond acceptors (Lipinski definition) is 4. The molecule has 0 radical (unpaired) electrons. The van der Waals surface area contributed by atoms with Crippen LogP contribution in [0, 0.1) is 0 Å². The molecule has 2 rings (SSSR count). The number of carbonyl (C=O) groups excluding carboxylic acids is 1. The van der Waals surface area contributed by atoms with Gasteiger partial charge in [0, 0.05) is 6.54 Å². The number of ether oxygens (including phenoxy) is 1. The zero-order valence-electron chi connectivity index (χ0n) is 10.4. The van der Waals surface area contributed by atoms with Crippen molar-refractivity contribution in [3.63, 3.8) is 0 Å². The second-order valence-electron chi connectivity index (χ2n) is 4.40. The first-order valence-corrected chi connectivity index (χ1v) is 6.03. The van der Waals surface area contributed by atoms with Crippen LogP contribution in [0.2, 0.25) is 0 Å². The van der Waals surface area contributed by atoms with Gasteiger partial charge in [-0.3, -0.25) is 4.79 Å². The van der Waals surface area contributed by atoms with Crippen LogP contribution in [0.15, 0.2) is 18.2 Å². The van der Waals surface area contributed by atoms with E-state index in [4.69, 9.17) is 10.5 Å². The number of amides is 1. The molecule has 5 heteroatoms. The number of likely N-dealkylation sites (tertiary alicyclic amines) is 1. The third-order valence-electron chi connectivity index (χ3n) is 3.37. The highest BCUT2D eigenvalue weighted by Crippen LogP contribution is 2.28. The monoisotopic (exact) mass is 250 g/mol. The van der Waals surface area contributed by atoms with Crippen molar-refractivity contribution >= 4 is 11.6 Å². The van der Waals surface area contributed by atoms with E-state index in [9.17, 15) is 9.90 Å². The van der Waals surface area contributed by atoms with Crippen LogP contribution in [0.3, 0.4) is 0 Å². The molecule has 0 aliphatic carbocycles. The van der Waals surface area contributed by atoms with Crippen LogP contribution in [0.1, 0.15) is 23.2 Å². The number of aliphatic hydroxyl groups is 1. The fourth-order valence-corrected chi connectivity index (χ4v) is 2.36. The topological polar surface area (TPSA) is 75.8 Å². The molecule has 0 aromatic heterocycles. The first-order chi connectivity index (χ1) is 8.69. The summed E-state index contributed by atoms with van der Waals surface area (Å²) in [5, 5.41) is 9.25. The van der Waals surface area contributed by atoms with Gasteiger partial charge in [0.25, 0.3) is 5.91 Å². The second kappa shape index (κ2) is 5.27. The minimum atomic E-state index is -0.136. The summed E-state index contributed by atoms with van der Waals surface area (Å²) in [4.78, 5) is 14.1. The van der Waals surface area contributed by atoms with Crippen molar-refractivity contribution in [2.75, 3.05) is 26.0 Å². The van der Waals surface area contributed by atoms with Gasteiger partial charge >= 0.3 is 0 Å². The van der Waals surface area contributed by atoms with Gasteiger partial charge in [0.1, 0.15) is 5.75 Å². The van der Waals surface area contributed by atoms with Crippen LogP contribution in [0.5, 0.6) is 5.75 Å². The van der Waals surface area contributed by atoms with E-state index in [1.54, 1.807) is 23.1 Å². The fraction of sp³-hybridized carbons (Fsp3) is 0.462. The molecular formula is C13H18N2O3. The van der Waals surface area contributed by atoms with Crippen molar-refractivity contribution in [3.8, 4) is 5.75 Å². The van der Waals surface area contributed by atoms with E-state index < -0.39 is 0 Å². The van der Waals surface area contributed by atoms with E-state index in [1.165, 1.54) is 7.11 Å². The van der Waals surface area contributed by atoms with Crippen LogP contribution >= 0.6 is 0 Å². The molecule has 1 atom stereocenters. The first-order valence-electron chi connectivity index (χ1n) is 6.03. The number of benzene rings is 1. The molecule has 1 aromatic carbocycles. The highest BCUT2D eigenvalue weighted by molar-refractivity contribution is 6.00. The summed E-state index contributed by atoms with van der Waals surface area (Å²) in [5.74, 6) is 0.364. The van der Waals surface area contributed by atoms with Crippen molar-refractivity contribution < 1.29 is 14.6 Å². The molecule has 1 aliphatic heterocycles. The normalized spacial score (nSPS) is 19.0. The molecule has 1 fully saturated rings. The Bertz CT molecular complexity index is 448. The predicted molar refractivity (Wildman–Crippen MR) is 68.6 cm³/mol. The van der Waals surface area contributed by atoms with Gasteiger partial charge in [-0.25, -0.2) is 0 Å². The van der Waals surface area contributed by atoms with Crippen molar-refractivity contribution in [3.05, 3.63) is 23.8 Å². The van der Waals surface area contributed by atoms with Gasteiger partial charge < -0.3 is 20.5 Å². The summed E-state index contributed by atoms with van der Waals surface area (Å²) >= 11 is 0. The van der Waals surface area contributed by atoms with Crippen molar-refractivity contribution in [2.24, 2.45) is 0 Å². The molecule has 1 saturated heterocycles. The van der Waals surface area contributed by atoms with Gasteiger partial charge in [0.05, 0.1) is 31.0 Å². The Morgan fingerprint density at radius 2 is 2.39 bits per heavy atom. The van der Waals surface area contributed by atoms with Crippen molar-refractivity contribution in [1.82, 2.24) is 4.90 Å². The van der Waals surface area contributed by atoms with Crippen LogP contribution in [-0.2, 0) is 0 Å². The summed E-state index contributed by atoms with van der Waals surface area (Å²) in [5.41, 5.74) is 6.71. The van der Waals surface area contributed by atoms with Gasteiger partial charge in [-0.15, -0.1) is 0 Å². The maximum absolute atomic E-state index is 12.4.